The van der Waals surface area contributed by atoms with E-state index < -0.39 is 11.7 Å². The highest BCUT2D eigenvalue weighted by molar-refractivity contribution is 6.30. The van der Waals surface area contributed by atoms with Gasteiger partial charge in [0.25, 0.3) is 0 Å². The van der Waals surface area contributed by atoms with Crippen molar-refractivity contribution in [1.82, 2.24) is 5.32 Å². The van der Waals surface area contributed by atoms with Crippen LogP contribution in [0.5, 0.6) is 11.5 Å². The molecular weight excluding hydrogens is 303 g/mol. The predicted molar refractivity (Wildman–Crippen MR) is 75.7 cm³/mol. The molecule has 2 rings (SSSR count). The molecule has 2 aromatic carbocycles. The second kappa shape index (κ2) is 6.37. The van der Waals surface area contributed by atoms with Crippen molar-refractivity contribution in [1.29, 1.82) is 0 Å². The minimum absolute atomic E-state index is 0.232. The molecule has 0 unspecified atom stereocenters. The Labute approximate surface area is 125 Å². The van der Waals surface area contributed by atoms with E-state index in [1.807, 2.05) is 0 Å². The van der Waals surface area contributed by atoms with Crippen molar-refractivity contribution in [3.63, 3.8) is 0 Å². The Morgan fingerprint density at radius 3 is 2.33 bits per heavy atom. The standard InChI is InChI=1S/C15H13ClF3NO/c1-20-9-10-2-7-14(13(8-10)15(17,18)19)21-12-5-3-11(16)4-6-12/h2-8,20H,9H2,1H3. The molecule has 0 atom stereocenters. The fourth-order valence-corrected chi connectivity index (χ4v) is 1.96. The summed E-state index contributed by atoms with van der Waals surface area (Å²) in [5.41, 5.74) is -0.265. The predicted octanol–water partition coefficient (Wildman–Crippen LogP) is 4.87. The number of benzene rings is 2. The third kappa shape index (κ3) is 4.12. The first-order valence-corrected chi connectivity index (χ1v) is 6.56. The monoisotopic (exact) mass is 315 g/mol. The van der Waals surface area contributed by atoms with Crippen molar-refractivity contribution in [2.75, 3.05) is 7.05 Å². The summed E-state index contributed by atoms with van der Waals surface area (Å²) >= 11 is 5.73. The van der Waals surface area contributed by atoms with E-state index in [0.29, 0.717) is 22.9 Å². The van der Waals surface area contributed by atoms with E-state index in [9.17, 15) is 13.2 Å². The van der Waals surface area contributed by atoms with E-state index in [1.165, 1.54) is 18.2 Å². The van der Waals surface area contributed by atoms with Crippen molar-refractivity contribution < 1.29 is 17.9 Å². The van der Waals surface area contributed by atoms with E-state index in [0.717, 1.165) is 6.07 Å². The lowest BCUT2D eigenvalue weighted by Gasteiger charge is -2.15. The average Bonchev–Trinajstić information content (AvgIpc) is 2.42. The number of hydrogen-bond donors (Lipinski definition) is 1. The quantitative estimate of drug-likeness (QED) is 0.869. The summed E-state index contributed by atoms with van der Waals surface area (Å²) in [7, 11) is 1.67. The SMILES string of the molecule is CNCc1ccc(Oc2ccc(Cl)cc2)c(C(F)(F)F)c1. The Morgan fingerprint density at radius 1 is 1.10 bits per heavy atom. The molecule has 0 aliphatic rings. The summed E-state index contributed by atoms with van der Waals surface area (Å²) in [5, 5.41) is 3.30. The number of halogens is 4. The van der Waals surface area contributed by atoms with Gasteiger partial charge in [-0.25, -0.2) is 0 Å². The summed E-state index contributed by atoms with van der Waals surface area (Å²) in [6.07, 6.45) is -4.48. The molecule has 0 aliphatic carbocycles. The van der Waals surface area contributed by atoms with Gasteiger partial charge in [0.1, 0.15) is 11.5 Å². The number of ether oxygens (including phenoxy) is 1. The molecule has 0 radical (unpaired) electrons. The number of alkyl halides is 3. The third-order valence-corrected chi connectivity index (χ3v) is 3.02. The third-order valence-electron chi connectivity index (χ3n) is 2.77. The Bertz CT molecular complexity index is 611. The molecular formula is C15H13ClF3NO. The summed E-state index contributed by atoms with van der Waals surface area (Å²) in [5.74, 6) is 0.0657. The van der Waals surface area contributed by atoms with Crippen LogP contribution in [0.15, 0.2) is 42.5 Å². The molecule has 0 heterocycles. The molecule has 0 aromatic heterocycles. The number of nitrogens with one attached hydrogen (secondary N) is 1. The maximum Gasteiger partial charge on any atom is 0.419 e. The highest BCUT2D eigenvalue weighted by Gasteiger charge is 2.34. The Balaban J connectivity index is 2.35. The Morgan fingerprint density at radius 2 is 1.76 bits per heavy atom. The van der Waals surface area contributed by atoms with Crippen molar-refractivity contribution in [2.45, 2.75) is 12.7 Å². The van der Waals surface area contributed by atoms with Crippen molar-refractivity contribution in [2.24, 2.45) is 0 Å². The zero-order valence-corrected chi connectivity index (χ0v) is 11.9. The molecule has 0 fully saturated rings. The molecule has 0 spiro atoms. The molecule has 0 amide bonds. The van der Waals surface area contributed by atoms with E-state index >= 15 is 0 Å². The smallest absolute Gasteiger partial charge is 0.419 e. The molecule has 0 bridgehead atoms. The summed E-state index contributed by atoms with van der Waals surface area (Å²) < 4.78 is 44.7. The fourth-order valence-electron chi connectivity index (χ4n) is 1.83. The van der Waals surface area contributed by atoms with Crippen molar-refractivity contribution in [3.05, 3.63) is 58.6 Å². The molecule has 0 saturated carbocycles. The molecule has 6 heteroatoms. The minimum atomic E-state index is -4.48. The lowest BCUT2D eigenvalue weighted by atomic mass is 10.1. The van der Waals surface area contributed by atoms with Gasteiger partial charge in [-0.05, 0) is 49.0 Å². The maximum atomic E-state index is 13.1. The highest BCUT2D eigenvalue weighted by atomic mass is 35.5. The first kappa shape index (κ1) is 15.7. The van der Waals surface area contributed by atoms with Crippen LogP contribution in [0.25, 0.3) is 0 Å². The van der Waals surface area contributed by atoms with Gasteiger partial charge >= 0.3 is 6.18 Å². The molecule has 0 aliphatic heterocycles. The first-order valence-electron chi connectivity index (χ1n) is 6.18. The van der Waals surface area contributed by atoms with Crippen molar-refractivity contribution >= 4 is 11.6 Å². The van der Waals surface area contributed by atoms with Gasteiger partial charge in [0.05, 0.1) is 5.56 Å². The molecule has 0 saturated heterocycles. The van der Waals surface area contributed by atoms with Crippen LogP contribution in [0.2, 0.25) is 5.02 Å². The van der Waals surface area contributed by atoms with E-state index in [-0.39, 0.29) is 5.75 Å². The van der Waals surface area contributed by atoms with E-state index in [2.05, 4.69) is 5.32 Å². The molecule has 2 nitrogen and oxygen atoms in total. The van der Waals surface area contributed by atoms with Crippen molar-refractivity contribution in [3.8, 4) is 11.5 Å². The molecule has 112 valence electrons. The van der Waals surface area contributed by atoms with Gasteiger partial charge < -0.3 is 10.1 Å². The van der Waals surface area contributed by atoms with Crippen LogP contribution in [0, 0.1) is 0 Å². The van der Waals surface area contributed by atoms with Crippen LogP contribution in [0.3, 0.4) is 0 Å². The summed E-state index contributed by atoms with van der Waals surface area (Å²) in [6, 6.07) is 10.1. The number of hydrogen-bond acceptors (Lipinski definition) is 2. The van der Waals surface area contributed by atoms with Gasteiger partial charge in [0, 0.05) is 11.6 Å². The van der Waals surface area contributed by atoms with Gasteiger partial charge in [0.15, 0.2) is 0 Å². The second-order valence-electron chi connectivity index (χ2n) is 4.41. The van der Waals surface area contributed by atoms with Crippen LogP contribution >= 0.6 is 11.6 Å². The zero-order chi connectivity index (χ0) is 15.5. The topological polar surface area (TPSA) is 21.3 Å². The van der Waals surface area contributed by atoms with Crippen LogP contribution in [0.1, 0.15) is 11.1 Å². The zero-order valence-electron chi connectivity index (χ0n) is 11.2. The number of rotatable bonds is 4. The van der Waals surface area contributed by atoms with E-state index in [4.69, 9.17) is 16.3 Å². The van der Waals surface area contributed by atoms with Gasteiger partial charge in [-0.3, -0.25) is 0 Å². The molecule has 2 aromatic rings. The lowest BCUT2D eigenvalue weighted by molar-refractivity contribution is -0.138. The normalized spacial score (nSPS) is 11.5. The lowest BCUT2D eigenvalue weighted by Crippen LogP contribution is -2.10. The summed E-state index contributed by atoms with van der Waals surface area (Å²) in [6.45, 7) is 0.351. The fraction of sp³-hybridized carbons (Fsp3) is 0.200. The largest absolute Gasteiger partial charge is 0.457 e. The highest BCUT2D eigenvalue weighted by Crippen LogP contribution is 2.38. The van der Waals surface area contributed by atoms with Gasteiger partial charge in [-0.1, -0.05) is 17.7 Å². The minimum Gasteiger partial charge on any atom is -0.457 e. The van der Waals surface area contributed by atoms with Crippen LogP contribution in [-0.4, -0.2) is 7.05 Å². The molecule has 1 N–H and O–H groups in total. The van der Waals surface area contributed by atoms with Gasteiger partial charge in [0.2, 0.25) is 0 Å². The van der Waals surface area contributed by atoms with Gasteiger partial charge in [-0.15, -0.1) is 0 Å². The van der Waals surface area contributed by atoms with Crippen LogP contribution < -0.4 is 10.1 Å². The second-order valence-corrected chi connectivity index (χ2v) is 4.85. The average molecular weight is 316 g/mol. The first-order chi connectivity index (χ1) is 9.90. The summed E-state index contributed by atoms with van der Waals surface area (Å²) in [4.78, 5) is 0. The van der Waals surface area contributed by atoms with Crippen LogP contribution in [-0.2, 0) is 12.7 Å². The Kier molecular flexibility index (Phi) is 4.75. The maximum absolute atomic E-state index is 13.1. The molecule has 21 heavy (non-hydrogen) atoms. The van der Waals surface area contributed by atoms with Crippen LogP contribution in [0.4, 0.5) is 13.2 Å². The van der Waals surface area contributed by atoms with E-state index in [1.54, 1.807) is 25.2 Å². The Hall–Kier alpha value is -1.72. The van der Waals surface area contributed by atoms with Gasteiger partial charge in [-0.2, -0.15) is 13.2 Å².